The predicted octanol–water partition coefficient (Wildman–Crippen LogP) is 1.85. The monoisotopic (exact) mass is 337 g/mol. The topological polar surface area (TPSA) is 92.2 Å². The fraction of sp³-hybridized carbons (Fsp3) is 0.562. The van der Waals surface area contributed by atoms with Gasteiger partial charge in [0.2, 0.25) is 0 Å². The van der Waals surface area contributed by atoms with E-state index in [0.717, 1.165) is 0 Å². The SMILES string of the molecule is COc1cc(C(=O)O)ncc1N1CCN(C(=O)OC(C)(C)C)CC1. The molecule has 0 aromatic carbocycles. The van der Waals surface area contributed by atoms with E-state index in [1.165, 1.54) is 19.4 Å². The summed E-state index contributed by atoms with van der Waals surface area (Å²) in [7, 11) is 1.49. The molecule has 1 fully saturated rings. The van der Waals surface area contributed by atoms with E-state index < -0.39 is 11.6 Å². The van der Waals surface area contributed by atoms with Crippen LogP contribution in [-0.2, 0) is 4.74 Å². The van der Waals surface area contributed by atoms with Crippen LogP contribution in [0.2, 0.25) is 0 Å². The summed E-state index contributed by atoms with van der Waals surface area (Å²) in [6.45, 7) is 7.70. The van der Waals surface area contributed by atoms with Crippen molar-refractivity contribution in [3.8, 4) is 5.75 Å². The maximum absolute atomic E-state index is 12.1. The number of carboxylic acids is 1. The van der Waals surface area contributed by atoms with Crippen LogP contribution in [-0.4, -0.2) is 65.9 Å². The number of rotatable bonds is 3. The molecule has 0 spiro atoms. The van der Waals surface area contributed by atoms with Gasteiger partial charge >= 0.3 is 12.1 Å². The molecule has 0 aliphatic carbocycles. The average Bonchev–Trinajstić information content (AvgIpc) is 2.52. The van der Waals surface area contributed by atoms with Crippen LogP contribution < -0.4 is 9.64 Å². The second-order valence-electron chi connectivity index (χ2n) is 6.50. The lowest BCUT2D eigenvalue weighted by atomic mass is 10.2. The Bertz CT molecular complexity index is 619. The van der Waals surface area contributed by atoms with Crippen molar-refractivity contribution in [3.63, 3.8) is 0 Å². The molecule has 2 heterocycles. The number of hydrogen-bond donors (Lipinski definition) is 1. The highest BCUT2D eigenvalue weighted by atomic mass is 16.6. The fourth-order valence-electron chi connectivity index (χ4n) is 2.40. The van der Waals surface area contributed by atoms with E-state index in [1.54, 1.807) is 4.90 Å². The second kappa shape index (κ2) is 6.94. The zero-order valence-corrected chi connectivity index (χ0v) is 14.4. The molecule has 1 aromatic heterocycles. The smallest absolute Gasteiger partial charge is 0.410 e. The lowest BCUT2D eigenvalue weighted by molar-refractivity contribution is 0.0240. The molecule has 1 aromatic rings. The van der Waals surface area contributed by atoms with Gasteiger partial charge in [0.25, 0.3) is 0 Å². The Morgan fingerprint density at radius 1 is 1.21 bits per heavy atom. The zero-order chi connectivity index (χ0) is 17.9. The fourth-order valence-corrected chi connectivity index (χ4v) is 2.40. The van der Waals surface area contributed by atoms with Gasteiger partial charge in [-0.15, -0.1) is 0 Å². The lowest BCUT2D eigenvalue weighted by Gasteiger charge is -2.37. The number of piperazine rings is 1. The van der Waals surface area contributed by atoms with E-state index >= 15 is 0 Å². The third-order valence-corrected chi connectivity index (χ3v) is 3.56. The van der Waals surface area contributed by atoms with Gasteiger partial charge < -0.3 is 24.4 Å². The van der Waals surface area contributed by atoms with Crippen LogP contribution in [0.1, 0.15) is 31.3 Å². The predicted molar refractivity (Wildman–Crippen MR) is 87.8 cm³/mol. The van der Waals surface area contributed by atoms with Crippen LogP contribution in [0.5, 0.6) is 5.75 Å². The molecule has 24 heavy (non-hydrogen) atoms. The largest absolute Gasteiger partial charge is 0.494 e. The third-order valence-electron chi connectivity index (χ3n) is 3.56. The van der Waals surface area contributed by atoms with Crippen LogP contribution >= 0.6 is 0 Å². The standard InChI is InChI=1S/C16H23N3O5/c1-16(2,3)24-15(22)19-7-5-18(6-8-19)12-10-17-11(14(20)21)9-13(12)23-4/h9-10H,5-8H2,1-4H3,(H,20,21). The summed E-state index contributed by atoms with van der Waals surface area (Å²) in [6.07, 6.45) is 1.17. The highest BCUT2D eigenvalue weighted by Gasteiger charge is 2.27. The molecule has 8 heteroatoms. The molecule has 1 aliphatic rings. The number of carbonyl (C=O) groups is 2. The van der Waals surface area contributed by atoms with Gasteiger partial charge in [-0.05, 0) is 20.8 Å². The third kappa shape index (κ3) is 4.27. The van der Waals surface area contributed by atoms with Gasteiger partial charge in [0.15, 0.2) is 5.69 Å². The van der Waals surface area contributed by atoms with Gasteiger partial charge in [-0.2, -0.15) is 0 Å². The normalized spacial score (nSPS) is 15.2. The van der Waals surface area contributed by atoms with E-state index in [2.05, 4.69) is 4.98 Å². The first kappa shape index (κ1) is 17.8. The minimum Gasteiger partial charge on any atom is -0.494 e. The molecule has 1 amide bonds. The molecule has 8 nitrogen and oxygen atoms in total. The van der Waals surface area contributed by atoms with Crippen molar-refractivity contribution in [2.75, 3.05) is 38.2 Å². The first-order valence-corrected chi connectivity index (χ1v) is 7.71. The van der Waals surface area contributed by atoms with Crippen LogP contribution in [0.15, 0.2) is 12.3 Å². The van der Waals surface area contributed by atoms with Crippen molar-refractivity contribution in [2.24, 2.45) is 0 Å². The summed E-state index contributed by atoms with van der Waals surface area (Å²) in [5.41, 5.74) is 0.128. The molecule has 0 radical (unpaired) electrons. The van der Waals surface area contributed by atoms with Gasteiger partial charge in [0, 0.05) is 32.2 Å². The minimum absolute atomic E-state index is 0.0667. The maximum Gasteiger partial charge on any atom is 0.410 e. The number of carbonyl (C=O) groups excluding carboxylic acids is 1. The number of nitrogens with zero attached hydrogens (tertiary/aromatic N) is 3. The van der Waals surface area contributed by atoms with E-state index in [1.807, 2.05) is 25.7 Å². The van der Waals surface area contributed by atoms with Gasteiger partial charge in [-0.3, -0.25) is 0 Å². The molecule has 0 unspecified atom stereocenters. The van der Waals surface area contributed by atoms with E-state index in [0.29, 0.717) is 37.6 Å². The van der Waals surface area contributed by atoms with Crippen LogP contribution in [0, 0.1) is 0 Å². The summed E-state index contributed by atoms with van der Waals surface area (Å²) in [4.78, 5) is 30.7. The number of methoxy groups -OCH3 is 1. The van der Waals surface area contributed by atoms with Crippen molar-refractivity contribution >= 4 is 17.7 Å². The second-order valence-corrected chi connectivity index (χ2v) is 6.50. The van der Waals surface area contributed by atoms with Gasteiger partial charge in [-0.25, -0.2) is 14.6 Å². The zero-order valence-electron chi connectivity index (χ0n) is 14.4. The van der Waals surface area contributed by atoms with E-state index in [4.69, 9.17) is 14.6 Å². The molecule has 1 aliphatic heterocycles. The lowest BCUT2D eigenvalue weighted by Crippen LogP contribution is -2.50. The number of aromatic nitrogens is 1. The Kier molecular flexibility index (Phi) is 5.16. The minimum atomic E-state index is -1.10. The summed E-state index contributed by atoms with van der Waals surface area (Å²) in [5.74, 6) is -0.650. The van der Waals surface area contributed by atoms with Gasteiger partial charge in [0.05, 0.1) is 19.0 Å². The van der Waals surface area contributed by atoms with Gasteiger partial charge in [0.1, 0.15) is 11.4 Å². The summed E-state index contributed by atoms with van der Waals surface area (Å²) in [6, 6.07) is 1.40. The highest BCUT2D eigenvalue weighted by Crippen LogP contribution is 2.29. The molecule has 0 atom stereocenters. The molecule has 2 rings (SSSR count). The Morgan fingerprint density at radius 2 is 1.83 bits per heavy atom. The Labute approximate surface area is 141 Å². The number of ether oxygens (including phenoxy) is 2. The van der Waals surface area contributed by atoms with Crippen LogP contribution in [0.3, 0.4) is 0 Å². The highest BCUT2D eigenvalue weighted by molar-refractivity contribution is 5.86. The van der Waals surface area contributed by atoms with Crippen molar-refractivity contribution < 1.29 is 24.2 Å². The first-order valence-electron chi connectivity index (χ1n) is 7.71. The number of amides is 1. The van der Waals surface area contributed by atoms with Gasteiger partial charge in [-0.1, -0.05) is 0 Å². The summed E-state index contributed by atoms with van der Waals surface area (Å²) < 4.78 is 10.7. The van der Waals surface area contributed by atoms with Crippen molar-refractivity contribution in [3.05, 3.63) is 18.0 Å². The Hall–Kier alpha value is -2.51. The summed E-state index contributed by atoms with van der Waals surface area (Å²) >= 11 is 0. The number of aromatic carboxylic acids is 1. The molecular formula is C16H23N3O5. The van der Waals surface area contributed by atoms with E-state index in [9.17, 15) is 9.59 Å². The Morgan fingerprint density at radius 3 is 2.33 bits per heavy atom. The molecule has 132 valence electrons. The van der Waals surface area contributed by atoms with E-state index in [-0.39, 0.29) is 11.8 Å². The van der Waals surface area contributed by atoms with Crippen molar-refractivity contribution in [2.45, 2.75) is 26.4 Å². The van der Waals surface area contributed by atoms with Crippen LogP contribution in [0.4, 0.5) is 10.5 Å². The maximum atomic E-state index is 12.1. The molecule has 0 saturated carbocycles. The molecular weight excluding hydrogens is 314 g/mol. The molecule has 1 saturated heterocycles. The van der Waals surface area contributed by atoms with Crippen molar-refractivity contribution in [1.82, 2.24) is 9.88 Å². The number of carboxylic acid groups (broad SMARTS) is 1. The average molecular weight is 337 g/mol. The number of hydrogen-bond acceptors (Lipinski definition) is 6. The number of pyridine rings is 1. The quantitative estimate of drug-likeness (QED) is 0.899. The number of anilines is 1. The van der Waals surface area contributed by atoms with Crippen molar-refractivity contribution in [1.29, 1.82) is 0 Å². The van der Waals surface area contributed by atoms with Crippen LogP contribution in [0.25, 0.3) is 0 Å². The Balaban J connectivity index is 2.04. The first-order chi connectivity index (χ1) is 11.2. The summed E-state index contributed by atoms with van der Waals surface area (Å²) in [5, 5.41) is 9.00. The molecule has 1 N–H and O–H groups in total. The molecule has 0 bridgehead atoms.